The predicted molar refractivity (Wildman–Crippen MR) is 64.0 cm³/mol. The van der Waals surface area contributed by atoms with Gasteiger partial charge in [0.15, 0.2) is 0 Å². The van der Waals surface area contributed by atoms with Gasteiger partial charge in [-0.2, -0.15) is 0 Å². The Bertz CT molecular complexity index is 337. The van der Waals surface area contributed by atoms with Gasteiger partial charge in [-0.05, 0) is 49.9 Å². The third-order valence-corrected chi connectivity index (χ3v) is 2.44. The van der Waals surface area contributed by atoms with Gasteiger partial charge in [0.1, 0.15) is 0 Å². The lowest BCUT2D eigenvalue weighted by molar-refractivity contribution is 1.19. The van der Waals surface area contributed by atoms with E-state index in [0.29, 0.717) is 0 Å². The van der Waals surface area contributed by atoms with Crippen molar-refractivity contribution in [2.24, 2.45) is 0 Å². The Kier molecular flexibility index (Phi) is 3.75. The maximum Gasteiger partial charge on any atom is 0.0378 e. The number of anilines is 1. The maximum absolute atomic E-state index is 3.25. The molecule has 1 aromatic carbocycles. The number of aryl methyl sites for hydroxylation is 2. The Morgan fingerprint density at radius 2 is 2.00 bits per heavy atom. The van der Waals surface area contributed by atoms with Gasteiger partial charge in [0, 0.05) is 12.7 Å². The number of rotatable bonds is 3. The van der Waals surface area contributed by atoms with Gasteiger partial charge in [0.2, 0.25) is 0 Å². The first-order valence-electron chi connectivity index (χ1n) is 5.08. The van der Waals surface area contributed by atoms with Gasteiger partial charge >= 0.3 is 0 Å². The zero-order valence-corrected chi connectivity index (χ0v) is 9.52. The minimum Gasteiger partial charge on any atom is -0.388 e. The van der Waals surface area contributed by atoms with Crippen LogP contribution in [0.4, 0.5) is 5.69 Å². The Morgan fingerprint density at radius 3 is 2.57 bits per heavy atom. The highest BCUT2D eigenvalue weighted by Gasteiger charge is 2.03. The summed E-state index contributed by atoms with van der Waals surface area (Å²) >= 11 is 0. The number of hydrogen-bond donors (Lipinski definition) is 1. The molecule has 1 aromatic rings. The van der Waals surface area contributed by atoms with Crippen molar-refractivity contribution < 1.29 is 0 Å². The Labute approximate surface area is 86.8 Å². The smallest absolute Gasteiger partial charge is 0.0378 e. The van der Waals surface area contributed by atoms with Crippen LogP contribution in [-0.4, -0.2) is 7.05 Å². The van der Waals surface area contributed by atoms with Gasteiger partial charge in [0.05, 0.1) is 0 Å². The highest BCUT2D eigenvalue weighted by Crippen LogP contribution is 2.22. The van der Waals surface area contributed by atoms with Crippen molar-refractivity contribution in [3.05, 3.63) is 41.0 Å². The van der Waals surface area contributed by atoms with E-state index in [0.717, 1.165) is 6.42 Å². The molecule has 0 bridgehead atoms. The fraction of sp³-hybridized carbons (Fsp3) is 0.385. The normalized spacial score (nSPS) is 10.9. The molecule has 0 radical (unpaired) electrons. The first-order chi connectivity index (χ1) is 6.69. The average molecular weight is 189 g/mol. The average Bonchev–Trinajstić information content (AvgIpc) is 2.15. The molecule has 0 saturated heterocycles. The zero-order valence-electron chi connectivity index (χ0n) is 9.52. The first-order valence-corrected chi connectivity index (χ1v) is 5.08. The maximum atomic E-state index is 3.25. The van der Waals surface area contributed by atoms with Crippen molar-refractivity contribution in [1.29, 1.82) is 0 Å². The second-order valence-corrected chi connectivity index (χ2v) is 3.63. The molecule has 0 aliphatic carbocycles. The van der Waals surface area contributed by atoms with Crippen molar-refractivity contribution in [3.8, 4) is 0 Å². The van der Waals surface area contributed by atoms with Crippen LogP contribution in [0.15, 0.2) is 24.3 Å². The summed E-state index contributed by atoms with van der Waals surface area (Å²) in [6.45, 7) is 6.36. The van der Waals surface area contributed by atoms with E-state index in [4.69, 9.17) is 0 Å². The molecule has 0 unspecified atom stereocenters. The number of hydrogen-bond acceptors (Lipinski definition) is 1. The van der Waals surface area contributed by atoms with Crippen LogP contribution in [0.25, 0.3) is 0 Å². The monoisotopic (exact) mass is 189 g/mol. The molecule has 0 atom stereocenters. The second-order valence-electron chi connectivity index (χ2n) is 3.63. The lowest BCUT2D eigenvalue weighted by atomic mass is 10.0. The van der Waals surface area contributed by atoms with Crippen LogP contribution in [0.5, 0.6) is 0 Å². The standard InChI is InChI=1S/C13H19N/c1-5-6-7-12-11(3)8-10(2)9-13(12)14-4/h5-6,8-9,14H,7H2,1-4H3/b6-5+. The highest BCUT2D eigenvalue weighted by atomic mass is 14.8. The summed E-state index contributed by atoms with van der Waals surface area (Å²) in [6.07, 6.45) is 5.30. The largest absolute Gasteiger partial charge is 0.388 e. The molecule has 0 heterocycles. The van der Waals surface area contributed by atoms with E-state index in [2.05, 4.69) is 50.4 Å². The third kappa shape index (κ3) is 2.38. The fourth-order valence-corrected chi connectivity index (χ4v) is 1.73. The van der Waals surface area contributed by atoms with Crippen molar-refractivity contribution >= 4 is 5.69 Å². The van der Waals surface area contributed by atoms with Crippen molar-refractivity contribution in [1.82, 2.24) is 0 Å². The Morgan fingerprint density at radius 1 is 1.29 bits per heavy atom. The summed E-state index contributed by atoms with van der Waals surface area (Å²) in [6, 6.07) is 4.44. The molecule has 1 N–H and O–H groups in total. The number of nitrogens with one attached hydrogen (secondary N) is 1. The molecule has 1 heteroatoms. The van der Waals surface area contributed by atoms with Crippen molar-refractivity contribution in [3.63, 3.8) is 0 Å². The lowest BCUT2D eigenvalue weighted by Crippen LogP contribution is -1.98. The van der Waals surface area contributed by atoms with Crippen LogP contribution >= 0.6 is 0 Å². The fourth-order valence-electron chi connectivity index (χ4n) is 1.73. The Hall–Kier alpha value is -1.24. The van der Waals surface area contributed by atoms with Gasteiger partial charge in [-0.1, -0.05) is 18.2 Å². The van der Waals surface area contributed by atoms with Crippen LogP contribution in [0, 0.1) is 13.8 Å². The third-order valence-electron chi connectivity index (χ3n) is 2.44. The molecule has 0 aliphatic heterocycles. The van der Waals surface area contributed by atoms with Gasteiger partial charge < -0.3 is 5.32 Å². The molecule has 1 rings (SSSR count). The van der Waals surface area contributed by atoms with E-state index in [9.17, 15) is 0 Å². The van der Waals surface area contributed by atoms with Crippen LogP contribution in [-0.2, 0) is 6.42 Å². The van der Waals surface area contributed by atoms with E-state index >= 15 is 0 Å². The summed E-state index contributed by atoms with van der Waals surface area (Å²) in [5.74, 6) is 0. The molecular formula is C13H19N. The van der Waals surface area contributed by atoms with Crippen LogP contribution in [0.3, 0.4) is 0 Å². The summed E-state index contributed by atoms with van der Waals surface area (Å²) in [5.41, 5.74) is 5.33. The summed E-state index contributed by atoms with van der Waals surface area (Å²) in [5, 5.41) is 3.25. The summed E-state index contributed by atoms with van der Waals surface area (Å²) in [7, 11) is 1.98. The van der Waals surface area contributed by atoms with Gasteiger partial charge in [-0.15, -0.1) is 0 Å². The minimum absolute atomic E-state index is 1.01. The predicted octanol–water partition coefficient (Wildman–Crippen LogP) is 3.46. The zero-order chi connectivity index (χ0) is 10.6. The van der Waals surface area contributed by atoms with E-state index in [1.165, 1.54) is 22.4 Å². The number of benzene rings is 1. The van der Waals surface area contributed by atoms with Gasteiger partial charge in [-0.25, -0.2) is 0 Å². The quantitative estimate of drug-likeness (QED) is 0.718. The van der Waals surface area contributed by atoms with E-state index in [1.54, 1.807) is 0 Å². The second kappa shape index (κ2) is 4.85. The van der Waals surface area contributed by atoms with E-state index in [-0.39, 0.29) is 0 Å². The molecule has 1 nitrogen and oxygen atoms in total. The van der Waals surface area contributed by atoms with Gasteiger partial charge in [0.25, 0.3) is 0 Å². The molecule has 0 spiro atoms. The minimum atomic E-state index is 1.01. The molecule has 0 saturated carbocycles. The molecule has 0 amide bonds. The first kappa shape index (κ1) is 10.8. The molecule has 0 aliphatic rings. The molecule has 0 fully saturated rings. The SMILES string of the molecule is C/C=C/Cc1c(C)cc(C)cc1NC. The van der Waals surface area contributed by atoms with Crippen LogP contribution in [0.1, 0.15) is 23.6 Å². The Balaban J connectivity index is 3.11. The summed E-state index contributed by atoms with van der Waals surface area (Å²) < 4.78 is 0. The van der Waals surface area contributed by atoms with Crippen molar-refractivity contribution in [2.45, 2.75) is 27.2 Å². The molecule has 0 aromatic heterocycles. The van der Waals surface area contributed by atoms with Crippen LogP contribution in [0.2, 0.25) is 0 Å². The van der Waals surface area contributed by atoms with Crippen molar-refractivity contribution in [2.75, 3.05) is 12.4 Å². The van der Waals surface area contributed by atoms with E-state index in [1.807, 2.05) is 7.05 Å². The molecule has 14 heavy (non-hydrogen) atoms. The topological polar surface area (TPSA) is 12.0 Å². The lowest BCUT2D eigenvalue weighted by Gasteiger charge is -2.12. The van der Waals surface area contributed by atoms with Gasteiger partial charge in [-0.3, -0.25) is 0 Å². The van der Waals surface area contributed by atoms with E-state index < -0.39 is 0 Å². The highest BCUT2D eigenvalue weighted by molar-refractivity contribution is 5.56. The number of allylic oxidation sites excluding steroid dienone is 2. The summed E-state index contributed by atoms with van der Waals surface area (Å²) in [4.78, 5) is 0. The van der Waals surface area contributed by atoms with Crippen LogP contribution < -0.4 is 5.32 Å². The molecular weight excluding hydrogens is 170 g/mol. The molecule has 76 valence electrons.